The van der Waals surface area contributed by atoms with Crippen LogP contribution in [-0.2, 0) is 10.0 Å². The number of rotatable bonds is 5. The predicted octanol–water partition coefficient (Wildman–Crippen LogP) is 4.63. The third-order valence-corrected chi connectivity index (χ3v) is 6.78. The van der Waals surface area contributed by atoms with Gasteiger partial charge in [0.1, 0.15) is 4.88 Å². The van der Waals surface area contributed by atoms with E-state index in [1.54, 1.807) is 29.6 Å². The lowest BCUT2D eigenvalue weighted by Crippen LogP contribution is -2.12. The summed E-state index contributed by atoms with van der Waals surface area (Å²) in [6, 6.07) is 14.4. The SMILES string of the molecule is O=S(=O)(Nc1ccsc1-c1nc(C2CC2)no1)c1ccc2ccccc2c1. The summed E-state index contributed by atoms with van der Waals surface area (Å²) in [4.78, 5) is 5.25. The highest BCUT2D eigenvalue weighted by Gasteiger charge is 2.30. The van der Waals surface area contributed by atoms with E-state index in [0.717, 1.165) is 23.6 Å². The minimum Gasteiger partial charge on any atom is -0.333 e. The molecule has 0 unspecified atom stereocenters. The van der Waals surface area contributed by atoms with Crippen molar-refractivity contribution in [3.05, 3.63) is 59.7 Å². The van der Waals surface area contributed by atoms with Crippen molar-refractivity contribution in [1.29, 1.82) is 0 Å². The average molecular weight is 397 g/mol. The Morgan fingerprint density at radius 3 is 2.70 bits per heavy atom. The fraction of sp³-hybridized carbons (Fsp3) is 0.158. The number of aromatic nitrogens is 2. The number of fused-ring (bicyclic) bond motifs is 1. The molecule has 0 spiro atoms. The summed E-state index contributed by atoms with van der Waals surface area (Å²) in [5, 5.41) is 7.67. The zero-order chi connectivity index (χ0) is 18.4. The van der Waals surface area contributed by atoms with Crippen LogP contribution in [0.15, 0.2) is 63.3 Å². The zero-order valence-corrected chi connectivity index (χ0v) is 15.8. The van der Waals surface area contributed by atoms with Crippen LogP contribution in [0.5, 0.6) is 0 Å². The molecule has 4 aromatic rings. The van der Waals surface area contributed by atoms with Crippen molar-refractivity contribution in [2.24, 2.45) is 0 Å². The van der Waals surface area contributed by atoms with Crippen LogP contribution in [0.4, 0.5) is 5.69 Å². The molecule has 5 rings (SSSR count). The molecule has 0 amide bonds. The van der Waals surface area contributed by atoms with E-state index in [-0.39, 0.29) is 4.90 Å². The number of hydrogen-bond donors (Lipinski definition) is 1. The molecule has 0 saturated heterocycles. The van der Waals surface area contributed by atoms with Crippen LogP contribution in [0.2, 0.25) is 0 Å². The van der Waals surface area contributed by atoms with Crippen molar-refractivity contribution in [1.82, 2.24) is 10.1 Å². The van der Waals surface area contributed by atoms with Crippen LogP contribution < -0.4 is 4.72 Å². The van der Waals surface area contributed by atoms with Gasteiger partial charge in [0.05, 0.1) is 10.6 Å². The average Bonchev–Trinajstić information content (AvgIpc) is 3.23. The van der Waals surface area contributed by atoms with Gasteiger partial charge in [0.25, 0.3) is 15.9 Å². The number of nitrogens with zero attached hydrogens (tertiary/aromatic N) is 2. The molecule has 1 aliphatic rings. The lowest BCUT2D eigenvalue weighted by atomic mass is 10.1. The minimum absolute atomic E-state index is 0.211. The highest BCUT2D eigenvalue weighted by molar-refractivity contribution is 7.92. The molecule has 1 aliphatic carbocycles. The Labute approximate surface area is 159 Å². The molecule has 136 valence electrons. The summed E-state index contributed by atoms with van der Waals surface area (Å²) in [7, 11) is -3.74. The van der Waals surface area contributed by atoms with Crippen LogP contribution in [0.25, 0.3) is 21.5 Å². The predicted molar refractivity (Wildman–Crippen MR) is 104 cm³/mol. The molecule has 6 nitrogen and oxygen atoms in total. The van der Waals surface area contributed by atoms with Crippen molar-refractivity contribution in [2.75, 3.05) is 4.72 Å². The van der Waals surface area contributed by atoms with E-state index in [1.165, 1.54) is 11.3 Å². The zero-order valence-electron chi connectivity index (χ0n) is 14.1. The molecule has 2 aromatic heterocycles. The summed E-state index contributed by atoms with van der Waals surface area (Å²) < 4.78 is 33.8. The molecule has 1 N–H and O–H groups in total. The van der Waals surface area contributed by atoms with Crippen LogP contribution in [0.3, 0.4) is 0 Å². The first-order valence-corrected chi connectivity index (χ1v) is 10.9. The highest BCUT2D eigenvalue weighted by atomic mass is 32.2. The Morgan fingerprint density at radius 1 is 1.07 bits per heavy atom. The summed E-state index contributed by atoms with van der Waals surface area (Å²) in [6.07, 6.45) is 2.15. The lowest BCUT2D eigenvalue weighted by molar-refractivity contribution is 0.423. The monoisotopic (exact) mass is 397 g/mol. The largest absolute Gasteiger partial charge is 0.333 e. The second kappa shape index (κ2) is 6.17. The maximum Gasteiger partial charge on any atom is 0.270 e. The number of nitrogens with one attached hydrogen (secondary N) is 1. The molecule has 0 aliphatic heterocycles. The maximum atomic E-state index is 12.9. The van der Waals surface area contributed by atoms with Gasteiger partial charge in [-0.2, -0.15) is 4.98 Å². The van der Waals surface area contributed by atoms with Gasteiger partial charge >= 0.3 is 0 Å². The summed E-state index contributed by atoms with van der Waals surface area (Å²) in [5.41, 5.74) is 0.444. The Kier molecular flexibility index (Phi) is 3.76. The molecule has 8 heteroatoms. The molecule has 1 saturated carbocycles. The lowest BCUT2D eigenvalue weighted by Gasteiger charge is -2.08. The number of anilines is 1. The normalized spacial score (nSPS) is 14.5. The van der Waals surface area contributed by atoms with Crippen LogP contribution >= 0.6 is 11.3 Å². The number of sulfonamides is 1. The smallest absolute Gasteiger partial charge is 0.270 e. The second-order valence-corrected chi connectivity index (χ2v) is 9.11. The molecule has 1 fully saturated rings. The van der Waals surface area contributed by atoms with Gasteiger partial charge in [-0.1, -0.05) is 35.5 Å². The van der Waals surface area contributed by atoms with Crippen molar-refractivity contribution in [2.45, 2.75) is 23.7 Å². The van der Waals surface area contributed by atoms with Gasteiger partial charge in [0, 0.05) is 5.92 Å². The second-order valence-electron chi connectivity index (χ2n) is 6.51. The van der Waals surface area contributed by atoms with E-state index in [2.05, 4.69) is 14.9 Å². The number of hydrogen-bond acceptors (Lipinski definition) is 6. The van der Waals surface area contributed by atoms with E-state index < -0.39 is 10.0 Å². The molecule has 2 aromatic carbocycles. The Bertz CT molecular complexity index is 1240. The standard InChI is InChI=1S/C19H15N3O3S2/c23-27(24,15-8-7-12-3-1-2-4-14(12)11-15)22-16-9-10-26-17(16)19-20-18(21-25-19)13-5-6-13/h1-4,7-11,13,22H,5-6H2. The van der Waals surface area contributed by atoms with E-state index in [0.29, 0.717) is 28.2 Å². The first-order chi connectivity index (χ1) is 13.1. The van der Waals surface area contributed by atoms with E-state index >= 15 is 0 Å². The van der Waals surface area contributed by atoms with Gasteiger partial charge in [-0.15, -0.1) is 11.3 Å². The Morgan fingerprint density at radius 2 is 1.89 bits per heavy atom. The number of thiophene rings is 1. The van der Waals surface area contributed by atoms with Gasteiger partial charge in [0.2, 0.25) is 0 Å². The van der Waals surface area contributed by atoms with E-state index in [4.69, 9.17) is 4.52 Å². The van der Waals surface area contributed by atoms with E-state index in [9.17, 15) is 8.42 Å². The summed E-state index contributed by atoms with van der Waals surface area (Å²) >= 11 is 1.36. The summed E-state index contributed by atoms with van der Waals surface area (Å²) in [6.45, 7) is 0. The van der Waals surface area contributed by atoms with Crippen LogP contribution in [0, 0.1) is 0 Å². The molecule has 27 heavy (non-hydrogen) atoms. The van der Waals surface area contributed by atoms with Gasteiger partial charge in [-0.3, -0.25) is 4.72 Å². The summed E-state index contributed by atoms with van der Waals surface area (Å²) in [5.74, 6) is 1.42. The minimum atomic E-state index is -3.74. The number of benzene rings is 2. The fourth-order valence-electron chi connectivity index (χ4n) is 2.93. The first-order valence-electron chi connectivity index (χ1n) is 8.53. The molecule has 0 radical (unpaired) electrons. The van der Waals surface area contributed by atoms with Crippen molar-refractivity contribution >= 4 is 37.8 Å². The topological polar surface area (TPSA) is 85.1 Å². The quantitative estimate of drug-likeness (QED) is 0.531. The van der Waals surface area contributed by atoms with Crippen molar-refractivity contribution in [3.8, 4) is 10.8 Å². The van der Waals surface area contributed by atoms with Crippen molar-refractivity contribution < 1.29 is 12.9 Å². The van der Waals surface area contributed by atoms with Crippen LogP contribution in [0.1, 0.15) is 24.6 Å². The first kappa shape index (κ1) is 16.5. The third kappa shape index (κ3) is 3.11. The molecular formula is C19H15N3O3S2. The van der Waals surface area contributed by atoms with Crippen LogP contribution in [-0.4, -0.2) is 18.6 Å². The maximum absolute atomic E-state index is 12.9. The Hall–Kier alpha value is -2.71. The van der Waals surface area contributed by atoms with Gasteiger partial charge in [0.15, 0.2) is 5.82 Å². The molecule has 0 atom stereocenters. The van der Waals surface area contributed by atoms with Crippen molar-refractivity contribution in [3.63, 3.8) is 0 Å². The van der Waals surface area contributed by atoms with Gasteiger partial charge < -0.3 is 4.52 Å². The molecule has 2 heterocycles. The fourth-order valence-corrected chi connectivity index (χ4v) is 4.87. The van der Waals surface area contributed by atoms with E-state index in [1.807, 2.05) is 24.3 Å². The highest BCUT2D eigenvalue weighted by Crippen LogP contribution is 2.40. The molecule has 0 bridgehead atoms. The molecular weight excluding hydrogens is 382 g/mol. The third-order valence-electron chi connectivity index (χ3n) is 4.52. The van der Waals surface area contributed by atoms with Gasteiger partial charge in [-0.25, -0.2) is 8.42 Å². The Balaban J connectivity index is 1.47. The van der Waals surface area contributed by atoms with Gasteiger partial charge in [-0.05, 0) is 47.2 Å².